The number of nitrogens with one attached hydrogen (secondary N) is 1. The highest BCUT2D eigenvalue weighted by Gasteiger charge is 2.14. The lowest BCUT2D eigenvalue weighted by molar-refractivity contribution is -0.121. The maximum absolute atomic E-state index is 12.5. The van der Waals surface area contributed by atoms with Crippen molar-refractivity contribution in [3.8, 4) is 10.6 Å². The molecule has 25 heavy (non-hydrogen) atoms. The number of rotatable bonds is 5. The van der Waals surface area contributed by atoms with E-state index in [1.165, 1.54) is 0 Å². The molecule has 1 N–H and O–H groups in total. The SMILES string of the molecule is O=C(Cn1c(-c2cccs2)cc2cccnc21)NCc1ccncc1. The van der Waals surface area contributed by atoms with Crippen LogP contribution in [0.5, 0.6) is 0 Å². The standard InChI is InChI=1S/C19H16N4OS/c24-18(22-12-14-5-8-20-9-6-14)13-23-16(17-4-2-10-25-17)11-15-3-1-7-21-19(15)23/h1-11H,12-13H2,(H,22,24). The molecular weight excluding hydrogens is 332 g/mol. The topological polar surface area (TPSA) is 59.8 Å². The zero-order chi connectivity index (χ0) is 17.1. The predicted octanol–water partition coefficient (Wildman–Crippen LogP) is 3.48. The van der Waals surface area contributed by atoms with Gasteiger partial charge in [-0.05, 0) is 47.3 Å². The Morgan fingerprint density at radius 2 is 2.00 bits per heavy atom. The number of thiophene rings is 1. The second-order valence-electron chi connectivity index (χ2n) is 5.64. The minimum atomic E-state index is -0.0437. The Morgan fingerprint density at radius 1 is 1.12 bits per heavy atom. The molecule has 0 saturated carbocycles. The van der Waals surface area contributed by atoms with Crippen LogP contribution in [0, 0.1) is 0 Å². The van der Waals surface area contributed by atoms with Crippen LogP contribution in [0.3, 0.4) is 0 Å². The van der Waals surface area contributed by atoms with Crippen LogP contribution in [0.25, 0.3) is 21.6 Å². The first-order chi connectivity index (χ1) is 12.3. The molecule has 0 aliphatic carbocycles. The van der Waals surface area contributed by atoms with Crippen LogP contribution in [0.15, 0.2) is 66.4 Å². The van der Waals surface area contributed by atoms with Gasteiger partial charge in [-0.3, -0.25) is 9.78 Å². The van der Waals surface area contributed by atoms with Gasteiger partial charge in [-0.25, -0.2) is 4.98 Å². The third-order valence-corrected chi connectivity index (χ3v) is 4.86. The average Bonchev–Trinajstić information content (AvgIpc) is 3.29. The summed E-state index contributed by atoms with van der Waals surface area (Å²) in [4.78, 5) is 22.0. The first-order valence-electron chi connectivity index (χ1n) is 7.95. The van der Waals surface area contributed by atoms with Crippen LogP contribution < -0.4 is 5.32 Å². The van der Waals surface area contributed by atoms with Gasteiger partial charge >= 0.3 is 0 Å². The Bertz CT molecular complexity index is 993. The molecule has 4 rings (SSSR count). The van der Waals surface area contributed by atoms with Crippen LogP contribution in [0.4, 0.5) is 0 Å². The second kappa shape index (κ2) is 6.86. The van der Waals surface area contributed by atoms with Crippen molar-refractivity contribution in [1.82, 2.24) is 19.9 Å². The van der Waals surface area contributed by atoms with Gasteiger partial charge in [0, 0.05) is 30.5 Å². The van der Waals surface area contributed by atoms with Crippen LogP contribution in [-0.4, -0.2) is 20.4 Å². The molecule has 0 fully saturated rings. The van der Waals surface area contributed by atoms with Crippen LogP contribution in [0.1, 0.15) is 5.56 Å². The van der Waals surface area contributed by atoms with E-state index in [0.717, 1.165) is 27.2 Å². The highest BCUT2D eigenvalue weighted by Crippen LogP contribution is 2.30. The van der Waals surface area contributed by atoms with E-state index in [2.05, 4.69) is 27.4 Å². The van der Waals surface area contributed by atoms with Gasteiger partial charge < -0.3 is 9.88 Å². The highest BCUT2D eigenvalue weighted by molar-refractivity contribution is 7.13. The molecule has 0 saturated heterocycles. The van der Waals surface area contributed by atoms with Gasteiger partial charge in [0.25, 0.3) is 0 Å². The fourth-order valence-electron chi connectivity index (χ4n) is 2.78. The summed E-state index contributed by atoms with van der Waals surface area (Å²) >= 11 is 1.66. The van der Waals surface area contributed by atoms with Crippen LogP contribution >= 0.6 is 11.3 Å². The number of pyridine rings is 2. The van der Waals surface area contributed by atoms with Gasteiger partial charge in [-0.1, -0.05) is 6.07 Å². The smallest absolute Gasteiger partial charge is 0.240 e. The fourth-order valence-corrected chi connectivity index (χ4v) is 3.53. The summed E-state index contributed by atoms with van der Waals surface area (Å²) in [6.45, 7) is 0.723. The maximum atomic E-state index is 12.5. The van der Waals surface area contributed by atoms with Gasteiger partial charge in [-0.2, -0.15) is 0 Å². The predicted molar refractivity (Wildman–Crippen MR) is 99.1 cm³/mol. The number of carbonyl (C=O) groups is 1. The Kier molecular flexibility index (Phi) is 4.26. The molecule has 4 aromatic rings. The van der Waals surface area contributed by atoms with Crippen LogP contribution in [0.2, 0.25) is 0 Å². The van der Waals surface area contributed by atoms with E-state index in [1.807, 2.05) is 40.3 Å². The number of fused-ring (bicyclic) bond motifs is 1. The molecule has 4 heterocycles. The number of nitrogens with zero attached hydrogens (tertiary/aromatic N) is 3. The van der Waals surface area contributed by atoms with Crippen molar-refractivity contribution in [2.45, 2.75) is 13.1 Å². The van der Waals surface area contributed by atoms with E-state index < -0.39 is 0 Å². The quantitative estimate of drug-likeness (QED) is 0.601. The first kappa shape index (κ1) is 15.5. The summed E-state index contributed by atoms with van der Waals surface area (Å²) < 4.78 is 1.98. The third-order valence-electron chi connectivity index (χ3n) is 3.97. The summed E-state index contributed by atoms with van der Waals surface area (Å²) in [6, 6.07) is 13.9. The molecule has 4 aromatic heterocycles. The molecule has 0 spiro atoms. The van der Waals surface area contributed by atoms with Crippen molar-refractivity contribution in [1.29, 1.82) is 0 Å². The molecule has 5 nitrogen and oxygen atoms in total. The van der Waals surface area contributed by atoms with Crippen LogP contribution in [-0.2, 0) is 17.9 Å². The van der Waals surface area contributed by atoms with E-state index in [-0.39, 0.29) is 12.5 Å². The van der Waals surface area contributed by atoms with Crippen molar-refractivity contribution >= 4 is 28.3 Å². The highest BCUT2D eigenvalue weighted by atomic mass is 32.1. The summed E-state index contributed by atoms with van der Waals surface area (Å²) in [7, 11) is 0. The molecule has 124 valence electrons. The molecule has 0 aliphatic rings. The summed E-state index contributed by atoms with van der Waals surface area (Å²) in [6.07, 6.45) is 5.20. The summed E-state index contributed by atoms with van der Waals surface area (Å²) in [5.74, 6) is -0.0437. The number of amides is 1. The monoisotopic (exact) mass is 348 g/mol. The molecule has 0 radical (unpaired) electrons. The van der Waals surface area contributed by atoms with Crippen molar-refractivity contribution < 1.29 is 4.79 Å². The minimum absolute atomic E-state index is 0.0437. The Balaban J connectivity index is 1.60. The average molecular weight is 348 g/mol. The molecule has 1 amide bonds. The zero-order valence-electron chi connectivity index (χ0n) is 13.4. The lowest BCUT2D eigenvalue weighted by Crippen LogP contribution is -2.27. The van der Waals surface area contributed by atoms with Crippen molar-refractivity contribution in [2.24, 2.45) is 0 Å². The normalized spacial score (nSPS) is 10.9. The largest absolute Gasteiger partial charge is 0.350 e. The first-order valence-corrected chi connectivity index (χ1v) is 8.83. The number of hydrogen-bond donors (Lipinski definition) is 1. The molecule has 0 aromatic carbocycles. The second-order valence-corrected chi connectivity index (χ2v) is 6.59. The van der Waals surface area contributed by atoms with E-state index in [4.69, 9.17) is 0 Å². The molecule has 0 unspecified atom stereocenters. The molecule has 0 bridgehead atoms. The zero-order valence-corrected chi connectivity index (χ0v) is 14.2. The van der Waals surface area contributed by atoms with Gasteiger partial charge in [0.15, 0.2) is 0 Å². The van der Waals surface area contributed by atoms with Gasteiger partial charge in [0.1, 0.15) is 12.2 Å². The fraction of sp³-hybridized carbons (Fsp3) is 0.105. The van der Waals surface area contributed by atoms with Crippen molar-refractivity contribution in [3.05, 3.63) is 72.0 Å². The number of aromatic nitrogens is 3. The van der Waals surface area contributed by atoms with E-state index >= 15 is 0 Å². The van der Waals surface area contributed by atoms with Gasteiger partial charge in [0.05, 0.1) is 10.6 Å². The Hall–Kier alpha value is -2.99. The van der Waals surface area contributed by atoms with Gasteiger partial charge in [-0.15, -0.1) is 11.3 Å². The lowest BCUT2D eigenvalue weighted by atomic mass is 10.3. The number of carbonyl (C=O) groups excluding carboxylic acids is 1. The number of hydrogen-bond acceptors (Lipinski definition) is 4. The summed E-state index contributed by atoms with van der Waals surface area (Å²) in [5.41, 5.74) is 2.87. The Morgan fingerprint density at radius 3 is 2.80 bits per heavy atom. The maximum Gasteiger partial charge on any atom is 0.240 e. The summed E-state index contributed by atoms with van der Waals surface area (Å²) in [5, 5.41) is 6.03. The van der Waals surface area contributed by atoms with E-state index in [0.29, 0.717) is 6.54 Å². The molecule has 0 aliphatic heterocycles. The van der Waals surface area contributed by atoms with Gasteiger partial charge in [0.2, 0.25) is 5.91 Å². The lowest BCUT2D eigenvalue weighted by Gasteiger charge is -2.10. The van der Waals surface area contributed by atoms with Crippen molar-refractivity contribution in [3.63, 3.8) is 0 Å². The van der Waals surface area contributed by atoms with Crippen molar-refractivity contribution in [2.75, 3.05) is 0 Å². The van der Waals surface area contributed by atoms with E-state index in [9.17, 15) is 4.79 Å². The molecular formula is C19H16N4OS. The Labute approximate surface area is 149 Å². The molecule has 0 atom stereocenters. The molecule has 6 heteroatoms. The third kappa shape index (κ3) is 3.29. The minimum Gasteiger partial charge on any atom is -0.350 e. The van der Waals surface area contributed by atoms with E-state index in [1.54, 1.807) is 29.9 Å².